The number of anilines is 2. The highest BCUT2D eigenvalue weighted by Crippen LogP contribution is 2.27. The van der Waals surface area contributed by atoms with Gasteiger partial charge >= 0.3 is 6.03 Å². The first-order chi connectivity index (χ1) is 11.2. The molecule has 0 radical (unpaired) electrons. The predicted octanol–water partition coefficient (Wildman–Crippen LogP) is 4.11. The highest BCUT2D eigenvalue weighted by atomic mass is 32.1. The van der Waals surface area contributed by atoms with Gasteiger partial charge in [-0.1, -0.05) is 30.1 Å². The van der Waals surface area contributed by atoms with Crippen LogP contribution in [0.4, 0.5) is 16.3 Å². The van der Waals surface area contributed by atoms with E-state index in [0.29, 0.717) is 29.1 Å². The fourth-order valence-corrected chi connectivity index (χ4v) is 2.29. The molecule has 0 saturated heterocycles. The molecule has 7 heteroatoms. The number of fused-ring (bicyclic) bond motifs is 1. The molecule has 0 saturated carbocycles. The lowest BCUT2D eigenvalue weighted by Crippen LogP contribution is -2.27. The molecule has 0 aliphatic rings. The van der Waals surface area contributed by atoms with Crippen molar-refractivity contribution in [3.63, 3.8) is 0 Å². The van der Waals surface area contributed by atoms with Crippen LogP contribution in [0.25, 0.3) is 11.0 Å². The zero-order chi connectivity index (χ0) is 16.2. The number of hydrogen-bond donors (Lipinski definition) is 2. The number of aromatic nitrogens is 1. The van der Waals surface area contributed by atoms with Crippen LogP contribution in [-0.4, -0.2) is 17.8 Å². The van der Waals surface area contributed by atoms with E-state index in [-0.39, 0.29) is 0 Å². The standard InChI is InChI=1S/C16H15N3O3S/c1-2-21-12-9-7-11(8-10-12)17-16(20)19(23)15-13-5-3-4-6-14(13)22-18-15/h3-10,23H,2H2,1H3,(H,17,20). The highest BCUT2D eigenvalue weighted by molar-refractivity contribution is 7.82. The summed E-state index contributed by atoms with van der Waals surface area (Å²) >= 11 is 4.21. The van der Waals surface area contributed by atoms with Gasteiger partial charge < -0.3 is 14.6 Å². The molecule has 3 aromatic rings. The second kappa shape index (κ2) is 6.62. The normalized spacial score (nSPS) is 10.5. The van der Waals surface area contributed by atoms with Gasteiger partial charge in [0.1, 0.15) is 5.75 Å². The molecule has 118 valence electrons. The van der Waals surface area contributed by atoms with Crippen molar-refractivity contribution in [1.82, 2.24) is 5.16 Å². The smallest absolute Gasteiger partial charge is 0.337 e. The third-order valence-corrected chi connectivity index (χ3v) is 3.54. The van der Waals surface area contributed by atoms with E-state index in [1.54, 1.807) is 30.3 Å². The van der Waals surface area contributed by atoms with Crippen LogP contribution in [0.5, 0.6) is 5.75 Å². The van der Waals surface area contributed by atoms with Crippen molar-refractivity contribution in [1.29, 1.82) is 0 Å². The average molecular weight is 329 g/mol. The van der Waals surface area contributed by atoms with E-state index in [9.17, 15) is 4.79 Å². The van der Waals surface area contributed by atoms with Crippen molar-refractivity contribution in [2.24, 2.45) is 0 Å². The molecule has 0 bridgehead atoms. The summed E-state index contributed by atoms with van der Waals surface area (Å²) in [6.07, 6.45) is 0. The van der Waals surface area contributed by atoms with Crippen LogP contribution in [0.1, 0.15) is 6.92 Å². The number of urea groups is 1. The van der Waals surface area contributed by atoms with E-state index < -0.39 is 6.03 Å². The van der Waals surface area contributed by atoms with Gasteiger partial charge in [0.15, 0.2) is 11.4 Å². The number of amides is 2. The second-order valence-electron chi connectivity index (χ2n) is 4.70. The summed E-state index contributed by atoms with van der Waals surface area (Å²) in [6.45, 7) is 2.51. The first-order valence-corrected chi connectivity index (χ1v) is 7.46. The van der Waals surface area contributed by atoms with Gasteiger partial charge in [0.25, 0.3) is 0 Å². The fourth-order valence-electron chi connectivity index (χ4n) is 2.10. The van der Waals surface area contributed by atoms with E-state index in [1.165, 1.54) is 0 Å². The largest absolute Gasteiger partial charge is 0.494 e. The number of rotatable bonds is 4. The van der Waals surface area contributed by atoms with Crippen molar-refractivity contribution in [2.45, 2.75) is 6.92 Å². The highest BCUT2D eigenvalue weighted by Gasteiger charge is 2.19. The van der Waals surface area contributed by atoms with Crippen LogP contribution in [-0.2, 0) is 0 Å². The molecule has 0 atom stereocenters. The van der Waals surface area contributed by atoms with Crippen molar-refractivity contribution in [2.75, 3.05) is 16.2 Å². The topological polar surface area (TPSA) is 67.6 Å². The van der Waals surface area contributed by atoms with Crippen LogP contribution in [0, 0.1) is 0 Å². The summed E-state index contributed by atoms with van der Waals surface area (Å²) in [5.41, 5.74) is 1.22. The Morgan fingerprint density at radius 1 is 1.26 bits per heavy atom. The van der Waals surface area contributed by atoms with Gasteiger partial charge in [-0.05, 0) is 43.3 Å². The SMILES string of the molecule is CCOc1ccc(NC(=O)N(S)c2noc3ccccc23)cc1. The fraction of sp³-hybridized carbons (Fsp3) is 0.125. The molecule has 0 spiro atoms. The number of nitrogens with one attached hydrogen (secondary N) is 1. The molecule has 6 nitrogen and oxygen atoms in total. The lowest BCUT2D eigenvalue weighted by molar-refractivity contribution is 0.260. The quantitative estimate of drug-likeness (QED) is 0.707. The molecule has 0 fully saturated rings. The molecule has 3 rings (SSSR count). The first kappa shape index (κ1) is 15.2. The number of ether oxygens (including phenoxy) is 1. The minimum absolute atomic E-state index is 0.340. The van der Waals surface area contributed by atoms with Gasteiger partial charge in [-0.15, -0.1) is 0 Å². The number of hydrogen-bond acceptors (Lipinski definition) is 5. The van der Waals surface area contributed by atoms with Crippen LogP contribution < -0.4 is 14.4 Å². The summed E-state index contributed by atoms with van der Waals surface area (Å²) in [5, 5.41) is 7.34. The number of para-hydroxylation sites is 1. The Morgan fingerprint density at radius 3 is 2.74 bits per heavy atom. The van der Waals surface area contributed by atoms with Crippen LogP contribution in [0.15, 0.2) is 53.1 Å². The summed E-state index contributed by atoms with van der Waals surface area (Å²) in [6, 6.07) is 13.9. The van der Waals surface area contributed by atoms with E-state index in [1.807, 2.05) is 25.1 Å². The Morgan fingerprint density at radius 2 is 2.00 bits per heavy atom. The predicted molar refractivity (Wildman–Crippen MR) is 92.1 cm³/mol. The maximum absolute atomic E-state index is 12.3. The summed E-state index contributed by atoms with van der Waals surface area (Å²) in [5.74, 6) is 1.09. The number of nitrogens with zero attached hydrogens (tertiary/aromatic N) is 2. The third kappa shape index (κ3) is 3.24. The van der Waals surface area contributed by atoms with Crippen molar-refractivity contribution in [3.8, 4) is 5.75 Å². The summed E-state index contributed by atoms with van der Waals surface area (Å²) < 4.78 is 11.6. The third-order valence-electron chi connectivity index (χ3n) is 3.17. The van der Waals surface area contributed by atoms with E-state index in [0.717, 1.165) is 10.1 Å². The molecule has 1 N–H and O–H groups in total. The average Bonchev–Trinajstić information content (AvgIpc) is 3.00. The van der Waals surface area contributed by atoms with Crippen molar-refractivity contribution in [3.05, 3.63) is 48.5 Å². The molecular weight excluding hydrogens is 314 g/mol. The van der Waals surface area contributed by atoms with Gasteiger partial charge in [-0.3, -0.25) is 0 Å². The maximum Gasteiger partial charge on any atom is 0.337 e. The molecule has 23 heavy (non-hydrogen) atoms. The lowest BCUT2D eigenvalue weighted by Gasteiger charge is -2.14. The van der Waals surface area contributed by atoms with Gasteiger partial charge in [0, 0.05) is 5.69 Å². The van der Waals surface area contributed by atoms with Crippen molar-refractivity contribution < 1.29 is 14.1 Å². The Balaban J connectivity index is 1.74. The Hall–Kier alpha value is -2.67. The minimum Gasteiger partial charge on any atom is -0.494 e. The number of thiol groups is 1. The zero-order valence-electron chi connectivity index (χ0n) is 12.4. The molecule has 0 aliphatic heterocycles. The molecule has 1 heterocycles. The maximum atomic E-state index is 12.3. The molecule has 2 amide bonds. The minimum atomic E-state index is -0.434. The van der Waals surface area contributed by atoms with Crippen molar-refractivity contribution >= 4 is 41.3 Å². The second-order valence-corrected chi connectivity index (χ2v) is 5.10. The van der Waals surface area contributed by atoms with Crippen LogP contribution in [0.2, 0.25) is 0 Å². The van der Waals surface area contributed by atoms with Gasteiger partial charge in [-0.25, -0.2) is 9.10 Å². The summed E-state index contributed by atoms with van der Waals surface area (Å²) in [7, 11) is 0. The monoisotopic (exact) mass is 329 g/mol. The van der Waals surface area contributed by atoms with Crippen LogP contribution in [0.3, 0.4) is 0 Å². The van der Waals surface area contributed by atoms with Gasteiger partial charge in [0.2, 0.25) is 0 Å². The van der Waals surface area contributed by atoms with E-state index in [2.05, 4.69) is 23.3 Å². The van der Waals surface area contributed by atoms with Gasteiger partial charge in [-0.2, -0.15) is 0 Å². The Kier molecular flexibility index (Phi) is 4.38. The lowest BCUT2D eigenvalue weighted by atomic mass is 10.2. The first-order valence-electron chi connectivity index (χ1n) is 7.06. The van der Waals surface area contributed by atoms with E-state index in [4.69, 9.17) is 9.26 Å². The van der Waals surface area contributed by atoms with Crippen LogP contribution >= 0.6 is 12.8 Å². The van der Waals surface area contributed by atoms with E-state index >= 15 is 0 Å². The molecule has 1 aromatic heterocycles. The number of carbonyl (C=O) groups is 1. The molecule has 0 unspecified atom stereocenters. The summed E-state index contributed by atoms with van der Waals surface area (Å²) in [4.78, 5) is 12.3. The number of carbonyl (C=O) groups excluding carboxylic acids is 1. The Bertz CT molecular complexity index is 817. The van der Waals surface area contributed by atoms with Gasteiger partial charge in [0.05, 0.1) is 12.0 Å². The zero-order valence-corrected chi connectivity index (χ0v) is 13.3. The molecule has 0 aliphatic carbocycles. The Labute approximate surface area is 138 Å². The molecule has 2 aromatic carbocycles. The molecular formula is C16H15N3O3S. The number of benzene rings is 2.